The predicted molar refractivity (Wildman–Crippen MR) is 303 cm³/mol. The maximum Gasteiger partial charge on any atom is 0.338 e. The first kappa shape index (κ1) is 51.8. The summed E-state index contributed by atoms with van der Waals surface area (Å²) in [6, 6.07) is 49.3. The van der Waals surface area contributed by atoms with Crippen LogP contribution in [0.2, 0.25) is 0 Å². The summed E-state index contributed by atoms with van der Waals surface area (Å²) in [6.45, 7) is 8.49. The molecule has 9 aromatic carbocycles. The van der Waals surface area contributed by atoms with Gasteiger partial charge in [-0.05, 0) is 164 Å². The second kappa shape index (κ2) is 20.3. The molecule has 0 amide bonds. The molecule has 1 unspecified atom stereocenters. The molecule has 0 aromatic heterocycles. The Morgan fingerprint density at radius 2 is 0.833 bits per heavy atom. The first-order valence-corrected chi connectivity index (χ1v) is 26.1. The third kappa shape index (κ3) is 7.96. The first-order valence-electron chi connectivity index (χ1n) is 26.1. The molecule has 1 atom stereocenters. The molecule has 10 heteroatoms. The summed E-state index contributed by atoms with van der Waals surface area (Å²) in [5.74, 6) is 0.192. The Bertz CT molecular complexity index is 3830. The smallest absolute Gasteiger partial charge is 0.338 e. The largest absolute Gasteiger partial charge is 0.507 e. The molecule has 394 valence electrons. The topological polar surface area (TPSA) is 144 Å². The van der Waals surface area contributed by atoms with Gasteiger partial charge in [0.25, 0.3) is 0 Å². The van der Waals surface area contributed by atoms with Crippen molar-refractivity contribution in [2.45, 2.75) is 71.6 Å². The summed E-state index contributed by atoms with van der Waals surface area (Å²) in [6.07, 6.45) is 0. The Hall–Kier alpha value is -8.25. The summed E-state index contributed by atoms with van der Waals surface area (Å²) in [7, 11) is 6.24. The van der Waals surface area contributed by atoms with Crippen LogP contribution in [-0.4, -0.2) is 54.8 Å². The Kier molecular flexibility index (Phi) is 13.5. The van der Waals surface area contributed by atoms with E-state index in [9.17, 15) is 25.2 Å². The van der Waals surface area contributed by atoms with Crippen molar-refractivity contribution in [3.63, 3.8) is 0 Å². The minimum atomic E-state index is -1.03. The van der Waals surface area contributed by atoms with E-state index in [1.807, 2.05) is 94.4 Å². The van der Waals surface area contributed by atoms with Crippen molar-refractivity contribution in [1.82, 2.24) is 0 Å². The van der Waals surface area contributed by atoms with Gasteiger partial charge in [-0.15, -0.1) is 0 Å². The molecule has 0 radical (unpaired) electrons. The monoisotopic (exact) mass is 1040 g/mol. The molecule has 2 aliphatic carbocycles. The summed E-state index contributed by atoms with van der Waals surface area (Å²) < 4.78 is 28.9. The van der Waals surface area contributed by atoms with Gasteiger partial charge in [-0.1, -0.05) is 109 Å². The van der Waals surface area contributed by atoms with Crippen LogP contribution in [0.1, 0.15) is 105 Å². The van der Waals surface area contributed by atoms with E-state index < -0.39 is 16.8 Å². The highest BCUT2D eigenvalue weighted by Gasteiger charge is 2.50. The van der Waals surface area contributed by atoms with Gasteiger partial charge >= 0.3 is 5.97 Å². The fraction of sp³-hybridized carbons (Fsp3) is 0.221. The number of carbonyl (C=O) groups is 1. The van der Waals surface area contributed by atoms with Gasteiger partial charge in [0.1, 0.15) is 23.0 Å². The Balaban J connectivity index is 1.04. The number of aryl methyl sites for hydroxylation is 4. The lowest BCUT2D eigenvalue weighted by molar-refractivity contribution is 0.0601. The summed E-state index contributed by atoms with van der Waals surface area (Å²) >= 11 is 0. The van der Waals surface area contributed by atoms with Crippen molar-refractivity contribution in [3.05, 3.63) is 246 Å². The van der Waals surface area contributed by atoms with E-state index in [2.05, 4.69) is 72.8 Å². The van der Waals surface area contributed by atoms with Crippen molar-refractivity contribution >= 4 is 16.7 Å². The normalized spacial score (nSPS) is 14.8. The first-order chi connectivity index (χ1) is 37.7. The van der Waals surface area contributed by atoms with E-state index in [1.54, 1.807) is 27.4 Å². The van der Waals surface area contributed by atoms with E-state index in [1.165, 1.54) is 7.11 Å². The molecule has 10 nitrogen and oxygen atoms in total. The van der Waals surface area contributed by atoms with Gasteiger partial charge in [0.15, 0.2) is 0 Å². The highest BCUT2D eigenvalue weighted by molar-refractivity contribution is 6.05. The Morgan fingerprint density at radius 3 is 1.29 bits per heavy atom. The van der Waals surface area contributed by atoms with Gasteiger partial charge in [-0.2, -0.15) is 0 Å². The third-order valence-electron chi connectivity index (χ3n) is 16.2. The number of esters is 1. The zero-order valence-electron chi connectivity index (χ0n) is 45.1. The number of phenolic OH excluding ortho intramolecular Hbond substituents is 4. The van der Waals surface area contributed by atoms with Crippen LogP contribution in [-0.2, 0) is 67.5 Å². The minimum absolute atomic E-state index is 0.0712. The van der Waals surface area contributed by atoms with E-state index in [0.717, 1.165) is 94.2 Å². The molecular weight excluding hydrogens is 977 g/mol. The van der Waals surface area contributed by atoms with Crippen LogP contribution in [0.5, 0.6) is 23.0 Å². The zero-order valence-corrected chi connectivity index (χ0v) is 45.1. The number of aromatic hydroxyl groups is 4. The van der Waals surface area contributed by atoms with Gasteiger partial charge in [-0.25, -0.2) is 4.79 Å². The van der Waals surface area contributed by atoms with Gasteiger partial charge in [0, 0.05) is 49.1 Å². The predicted octanol–water partition coefficient (Wildman–Crippen LogP) is 13.6. The third-order valence-corrected chi connectivity index (χ3v) is 16.2. The second-order valence-corrected chi connectivity index (χ2v) is 20.8. The highest BCUT2D eigenvalue weighted by Crippen LogP contribution is 2.60. The number of hydrogen-bond acceptors (Lipinski definition) is 10. The standard InChI is InChI=1S/C68H62O10/c1-38-24-48(29-44(34-74-5)62(38)69)67(56-17-11-9-14-52(56)60-54(66(73)77-8)16-13-19-58(60)67)51-27-41(4)65(72)47(32-51)37-78-33-42-20-21-43-22-23-59-61(55(43)28-42)53-15-10-12-18-57(53)68(59,49-25-39(2)63(70)45(30-49)35-75-6)50-26-40(3)64(71)46(31-50)36-76-7/h9-32,69-72H,33-37H2,1-8H3. The molecule has 11 rings (SSSR count). The van der Waals surface area contributed by atoms with Crippen molar-refractivity contribution in [2.75, 3.05) is 28.4 Å². The quantitative estimate of drug-likeness (QED) is 0.0733. The van der Waals surface area contributed by atoms with Crippen LogP contribution in [0.25, 0.3) is 33.0 Å². The molecule has 0 saturated heterocycles. The molecule has 4 N–H and O–H groups in total. The molecule has 0 spiro atoms. The molecule has 78 heavy (non-hydrogen) atoms. The number of carbonyl (C=O) groups excluding carboxylic acids is 1. The fourth-order valence-corrected chi connectivity index (χ4v) is 12.9. The lowest BCUT2D eigenvalue weighted by atomic mass is 9.66. The van der Waals surface area contributed by atoms with E-state index in [-0.39, 0.29) is 56.0 Å². The molecular formula is C68H62O10. The number of phenols is 4. The maximum absolute atomic E-state index is 13.6. The molecule has 0 fully saturated rings. The average Bonchev–Trinajstić information content (AvgIpc) is 3.53. The van der Waals surface area contributed by atoms with Crippen molar-refractivity contribution in [2.24, 2.45) is 0 Å². The number of rotatable bonds is 15. The van der Waals surface area contributed by atoms with Crippen LogP contribution in [0.3, 0.4) is 0 Å². The van der Waals surface area contributed by atoms with Gasteiger partial charge in [0.2, 0.25) is 0 Å². The van der Waals surface area contributed by atoms with Gasteiger partial charge < -0.3 is 44.1 Å². The number of hydrogen-bond donors (Lipinski definition) is 4. The maximum atomic E-state index is 13.6. The van der Waals surface area contributed by atoms with E-state index in [0.29, 0.717) is 38.9 Å². The summed E-state index contributed by atoms with van der Waals surface area (Å²) in [5, 5.41) is 48.1. The molecule has 9 aromatic rings. The Labute approximate surface area is 454 Å². The van der Waals surface area contributed by atoms with E-state index in [4.69, 9.17) is 23.7 Å². The van der Waals surface area contributed by atoms with Crippen molar-refractivity contribution in [1.29, 1.82) is 0 Å². The highest BCUT2D eigenvalue weighted by atomic mass is 16.5. The summed E-state index contributed by atoms with van der Waals surface area (Å²) in [5.41, 5.74) is 16.0. The number of fused-ring (bicyclic) bond motifs is 8. The van der Waals surface area contributed by atoms with Crippen LogP contribution in [0.15, 0.2) is 146 Å². The van der Waals surface area contributed by atoms with Gasteiger partial charge in [0.05, 0.1) is 56.5 Å². The molecule has 2 aliphatic rings. The Morgan fingerprint density at radius 1 is 0.423 bits per heavy atom. The minimum Gasteiger partial charge on any atom is -0.507 e. The lowest BCUT2D eigenvalue weighted by Gasteiger charge is -2.35. The second-order valence-electron chi connectivity index (χ2n) is 20.8. The number of ether oxygens (including phenoxy) is 5. The van der Waals surface area contributed by atoms with Crippen molar-refractivity contribution in [3.8, 4) is 45.3 Å². The fourth-order valence-electron chi connectivity index (χ4n) is 12.9. The molecule has 0 aliphatic heterocycles. The molecule has 0 heterocycles. The number of methoxy groups -OCH3 is 4. The van der Waals surface area contributed by atoms with E-state index >= 15 is 0 Å². The average molecular weight is 1040 g/mol. The van der Waals surface area contributed by atoms with Crippen LogP contribution in [0, 0.1) is 27.7 Å². The molecule has 0 saturated carbocycles. The summed E-state index contributed by atoms with van der Waals surface area (Å²) in [4.78, 5) is 13.6. The number of benzene rings is 9. The lowest BCUT2D eigenvalue weighted by Crippen LogP contribution is -2.29. The SMILES string of the molecule is COCc1cc(C2(c3cc(C)c(O)c(COCc4ccc5ccc6c(c5c4)-c4ccccc4C6(c4cc(C)c(O)c(COC)c4)c4cc(C)c(O)c(COC)c4)c3)c3ccccc3-c3c(C(=O)OC)cccc32)cc(C)c1O. The van der Waals surface area contributed by atoms with Crippen LogP contribution < -0.4 is 0 Å². The molecule has 0 bridgehead atoms. The van der Waals surface area contributed by atoms with Crippen LogP contribution >= 0.6 is 0 Å². The van der Waals surface area contributed by atoms with Gasteiger partial charge in [-0.3, -0.25) is 0 Å². The zero-order chi connectivity index (χ0) is 54.8. The van der Waals surface area contributed by atoms with Crippen molar-refractivity contribution < 1.29 is 48.9 Å². The van der Waals surface area contributed by atoms with Crippen LogP contribution in [0.4, 0.5) is 0 Å².